The predicted molar refractivity (Wildman–Crippen MR) is 171 cm³/mol. The minimum atomic E-state index is -1.43. The van der Waals surface area contributed by atoms with E-state index >= 15 is 0 Å². The number of anilines is 1. The lowest BCUT2D eigenvalue weighted by Crippen LogP contribution is -2.49. The molecule has 7 rings (SSSR count). The summed E-state index contributed by atoms with van der Waals surface area (Å²) in [6.45, 7) is 3.86. The average Bonchev–Trinajstić information content (AvgIpc) is 3.49. The van der Waals surface area contributed by atoms with Gasteiger partial charge >= 0.3 is 0 Å². The number of carbonyl (C=O) groups is 3. The summed E-state index contributed by atoms with van der Waals surface area (Å²) < 4.78 is 5.82. The molecule has 0 bridgehead atoms. The van der Waals surface area contributed by atoms with E-state index < -0.39 is 23.4 Å². The molecule has 6 nitrogen and oxygen atoms in total. The van der Waals surface area contributed by atoms with E-state index in [1.165, 1.54) is 6.07 Å². The molecule has 0 radical (unpaired) electrons. The van der Waals surface area contributed by atoms with Crippen LogP contribution in [0.2, 0.25) is 10.0 Å². The number of para-hydroxylation sites is 1. The molecular formula is C36H28Cl2N2O4. The molecule has 3 aliphatic heterocycles. The van der Waals surface area contributed by atoms with Gasteiger partial charge in [-0.1, -0.05) is 65.7 Å². The van der Waals surface area contributed by atoms with E-state index in [9.17, 15) is 14.4 Å². The number of halogens is 2. The van der Waals surface area contributed by atoms with Crippen LogP contribution in [0.4, 0.5) is 5.69 Å². The SMILES string of the molecule is CC(C)Oc1ccc(C(=O)[C@@H]2[C@H](C(=O)c3ccc(Cl)cc3Cl)N3C=Cc4ccccc4[C@@H]3[C@@]23C(=O)Nc2ccccc23)cc1. The van der Waals surface area contributed by atoms with E-state index in [0.29, 0.717) is 27.6 Å². The first-order chi connectivity index (χ1) is 21.2. The molecule has 1 N–H and O–H groups in total. The molecule has 44 heavy (non-hydrogen) atoms. The second-order valence-corrected chi connectivity index (χ2v) is 12.5. The van der Waals surface area contributed by atoms with Crippen molar-refractivity contribution < 1.29 is 19.1 Å². The molecule has 8 heteroatoms. The third-order valence-electron chi connectivity index (χ3n) is 8.83. The van der Waals surface area contributed by atoms with Crippen LogP contribution in [0.1, 0.15) is 57.3 Å². The van der Waals surface area contributed by atoms with Crippen LogP contribution < -0.4 is 10.1 Å². The molecule has 1 fully saturated rings. The van der Waals surface area contributed by atoms with Gasteiger partial charge in [0.1, 0.15) is 17.2 Å². The van der Waals surface area contributed by atoms with Crippen molar-refractivity contribution in [3.63, 3.8) is 0 Å². The number of amides is 1. The Morgan fingerprint density at radius 2 is 1.64 bits per heavy atom. The van der Waals surface area contributed by atoms with Crippen LogP contribution in [-0.2, 0) is 10.2 Å². The largest absolute Gasteiger partial charge is 0.491 e. The molecule has 1 saturated heterocycles. The third-order valence-corrected chi connectivity index (χ3v) is 9.38. The molecule has 4 atom stereocenters. The smallest absolute Gasteiger partial charge is 0.238 e. The van der Waals surface area contributed by atoms with E-state index in [1.807, 2.05) is 79.6 Å². The van der Waals surface area contributed by atoms with Gasteiger partial charge in [0.25, 0.3) is 0 Å². The highest BCUT2D eigenvalue weighted by Gasteiger charge is 2.70. The van der Waals surface area contributed by atoms with E-state index in [2.05, 4.69) is 5.32 Å². The van der Waals surface area contributed by atoms with Gasteiger partial charge in [-0.15, -0.1) is 0 Å². The monoisotopic (exact) mass is 622 g/mol. The van der Waals surface area contributed by atoms with Crippen LogP contribution in [0, 0.1) is 5.92 Å². The molecule has 0 saturated carbocycles. The second-order valence-electron chi connectivity index (χ2n) is 11.6. The average molecular weight is 624 g/mol. The van der Waals surface area contributed by atoms with Gasteiger partial charge in [-0.05, 0) is 85.1 Å². The maximum absolute atomic E-state index is 15.0. The minimum Gasteiger partial charge on any atom is -0.491 e. The number of ketones is 2. The van der Waals surface area contributed by atoms with E-state index in [4.69, 9.17) is 27.9 Å². The first-order valence-corrected chi connectivity index (χ1v) is 15.2. The van der Waals surface area contributed by atoms with Crippen molar-refractivity contribution in [1.29, 1.82) is 0 Å². The van der Waals surface area contributed by atoms with Gasteiger partial charge in [0.05, 0.1) is 23.1 Å². The number of hydrogen-bond donors (Lipinski definition) is 1. The number of hydrogen-bond acceptors (Lipinski definition) is 5. The number of carbonyl (C=O) groups excluding carboxylic acids is 3. The Morgan fingerprint density at radius 1 is 0.909 bits per heavy atom. The lowest BCUT2D eigenvalue weighted by atomic mass is 9.62. The van der Waals surface area contributed by atoms with Gasteiger partial charge in [0, 0.05) is 28.0 Å². The summed E-state index contributed by atoms with van der Waals surface area (Å²) >= 11 is 12.8. The quantitative estimate of drug-likeness (QED) is 0.222. The van der Waals surface area contributed by atoms with Gasteiger partial charge in [-0.2, -0.15) is 0 Å². The number of rotatable bonds is 6. The van der Waals surface area contributed by atoms with E-state index in [0.717, 1.165) is 11.1 Å². The summed E-state index contributed by atoms with van der Waals surface area (Å²) in [6.07, 6.45) is 3.72. The topological polar surface area (TPSA) is 75.7 Å². The predicted octanol–water partition coefficient (Wildman–Crippen LogP) is 7.76. The zero-order chi connectivity index (χ0) is 30.7. The van der Waals surface area contributed by atoms with Crippen molar-refractivity contribution in [2.75, 3.05) is 5.32 Å². The number of ether oxygens (including phenoxy) is 1. The van der Waals surface area contributed by atoms with Crippen LogP contribution in [0.5, 0.6) is 5.75 Å². The maximum atomic E-state index is 15.0. The molecule has 0 unspecified atom stereocenters. The van der Waals surface area contributed by atoms with Gasteiger partial charge < -0.3 is 15.0 Å². The Balaban J connectivity index is 1.49. The van der Waals surface area contributed by atoms with Crippen LogP contribution in [-0.4, -0.2) is 34.5 Å². The van der Waals surface area contributed by atoms with Crippen LogP contribution in [0.25, 0.3) is 6.08 Å². The Labute approximate surface area is 265 Å². The number of nitrogens with zero attached hydrogens (tertiary/aromatic N) is 1. The molecule has 3 aliphatic rings. The molecule has 4 aromatic carbocycles. The summed E-state index contributed by atoms with van der Waals surface area (Å²) in [6, 6.07) is 25.1. The normalized spacial score (nSPS) is 22.9. The summed E-state index contributed by atoms with van der Waals surface area (Å²) in [5.41, 5.74) is 2.26. The molecule has 4 aromatic rings. The Bertz CT molecular complexity index is 1870. The number of nitrogens with one attached hydrogen (secondary N) is 1. The van der Waals surface area contributed by atoms with Crippen LogP contribution in [0.3, 0.4) is 0 Å². The highest BCUT2D eigenvalue weighted by Crippen LogP contribution is 2.62. The van der Waals surface area contributed by atoms with Crippen molar-refractivity contribution in [3.05, 3.63) is 135 Å². The lowest BCUT2D eigenvalue weighted by Gasteiger charge is -2.38. The highest BCUT2D eigenvalue weighted by molar-refractivity contribution is 6.37. The van der Waals surface area contributed by atoms with E-state index in [1.54, 1.807) is 36.4 Å². The second kappa shape index (κ2) is 10.7. The summed E-state index contributed by atoms with van der Waals surface area (Å²) in [5.74, 6) is -1.50. The Hall–Kier alpha value is -4.39. The van der Waals surface area contributed by atoms with E-state index in [-0.39, 0.29) is 34.2 Å². The summed E-state index contributed by atoms with van der Waals surface area (Å²) in [4.78, 5) is 46.1. The van der Waals surface area contributed by atoms with Crippen molar-refractivity contribution in [1.82, 2.24) is 4.90 Å². The molecule has 0 aromatic heterocycles. The highest BCUT2D eigenvalue weighted by atomic mass is 35.5. The third kappa shape index (κ3) is 4.20. The van der Waals surface area contributed by atoms with Crippen molar-refractivity contribution in [3.8, 4) is 5.75 Å². The molecular weight excluding hydrogens is 595 g/mol. The first-order valence-electron chi connectivity index (χ1n) is 14.5. The van der Waals surface area contributed by atoms with Crippen molar-refractivity contribution in [2.24, 2.45) is 5.92 Å². The molecule has 0 aliphatic carbocycles. The maximum Gasteiger partial charge on any atom is 0.238 e. The van der Waals surface area contributed by atoms with Crippen LogP contribution in [0.15, 0.2) is 97.2 Å². The Kier molecular flexibility index (Phi) is 6.87. The number of benzene rings is 4. The zero-order valence-electron chi connectivity index (χ0n) is 24.0. The fraction of sp³-hybridized carbons (Fsp3) is 0.194. The lowest BCUT2D eigenvalue weighted by molar-refractivity contribution is -0.122. The van der Waals surface area contributed by atoms with Gasteiger partial charge in [0.2, 0.25) is 5.91 Å². The first kappa shape index (κ1) is 28.4. The minimum absolute atomic E-state index is 0.0396. The fourth-order valence-electron chi connectivity index (χ4n) is 7.17. The number of fused-ring (bicyclic) bond motifs is 6. The van der Waals surface area contributed by atoms with Gasteiger partial charge in [-0.25, -0.2) is 0 Å². The molecule has 1 amide bonds. The molecule has 3 heterocycles. The summed E-state index contributed by atoms with van der Waals surface area (Å²) in [7, 11) is 0. The van der Waals surface area contributed by atoms with Gasteiger partial charge in [0.15, 0.2) is 11.6 Å². The fourth-order valence-corrected chi connectivity index (χ4v) is 7.67. The van der Waals surface area contributed by atoms with Gasteiger partial charge in [-0.3, -0.25) is 14.4 Å². The van der Waals surface area contributed by atoms with Crippen molar-refractivity contribution in [2.45, 2.75) is 37.5 Å². The Morgan fingerprint density at radius 3 is 2.39 bits per heavy atom. The molecule has 1 spiro atoms. The number of Topliss-reactive ketones (excluding diaryl/α,β-unsaturated/α-hetero) is 2. The standard InChI is InChI=1S/C36H28Cl2N2O4/c1-20(2)44-24-14-11-22(12-15-24)32(41)30-31(33(42)26-16-13-23(37)19-28(26)38)40-18-17-21-7-3-4-8-25(21)34(40)36(30)27-9-5-6-10-29(27)39-35(36)43/h3-20,30-31,34H,1-2H3,(H,39,43)/t30-,31+,34+,36-/m0/s1. The van der Waals surface area contributed by atoms with Crippen LogP contribution >= 0.6 is 23.2 Å². The molecule has 220 valence electrons. The summed E-state index contributed by atoms with van der Waals surface area (Å²) in [5, 5.41) is 3.63. The van der Waals surface area contributed by atoms with Crippen molar-refractivity contribution >= 4 is 52.4 Å². The zero-order valence-corrected chi connectivity index (χ0v) is 25.5.